The number of imidazole rings is 1. The molecule has 3 aromatic rings. The SMILES string of the molecule is CN1CCC(OC(c2cccc(SC(F)(F)F)c2)c2nc3ccccc3[nH]2)CC1.O=C(O)C(=O)O. The number of hydrogen-bond donors (Lipinski definition) is 3. The van der Waals surface area contributed by atoms with E-state index >= 15 is 0 Å². The number of aliphatic carboxylic acids is 2. The molecule has 0 amide bonds. The van der Waals surface area contributed by atoms with Gasteiger partial charge in [0.15, 0.2) is 0 Å². The van der Waals surface area contributed by atoms with Crippen molar-refractivity contribution >= 4 is 34.7 Å². The van der Waals surface area contributed by atoms with Crippen molar-refractivity contribution in [2.75, 3.05) is 20.1 Å². The summed E-state index contributed by atoms with van der Waals surface area (Å²) in [5, 5.41) is 14.8. The summed E-state index contributed by atoms with van der Waals surface area (Å²) in [7, 11) is 2.07. The largest absolute Gasteiger partial charge is 0.473 e. The van der Waals surface area contributed by atoms with Crippen LogP contribution in [0.4, 0.5) is 13.2 Å². The minimum Gasteiger partial charge on any atom is -0.473 e. The first-order valence-corrected chi connectivity index (χ1v) is 11.4. The second-order valence-electron chi connectivity index (χ2n) is 7.89. The number of rotatable bonds is 5. The molecule has 0 saturated carbocycles. The first-order valence-electron chi connectivity index (χ1n) is 10.6. The lowest BCUT2D eigenvalue weighted by Crippen LogP contribution is -2.35. The van der Waals surface area contributed by atoms with Gasteiger partial charge in [0.1, 0.15) is 11.9 Å². The van der Waals surface area contributed by atoms with Gasteiger partial charge >= 0.3 is 17.4 Å². The number of likely N-dealkylation sites (tertiary alicyclic amines) is 1. The average molecular weight is 512 g/mol. The molecule has 2 heterocycles. The molecule has 1 aromatic heterocycles. The normalized spacial score (nSPS) is 15.9. The van der Waals surface area contributed by atoms with E-state index in [2.05, 4.69) is 21.9 Å². The van der Waals surface area contributed by atoms with Gasteiger partial charge in [0.2, 0.25) is 0 Å². The van der Waals surface area contributed by atoms with Crippen LogP contribution in [-0.4, -0.2) is 68.8 Å². The number of fused-ring (bicyclic) bond motifs is 1. The van der Waals surface area contributed by atoms with E-state index in [1.165, 1.54) is 6.07 Å². The molecular weight excluding hydrogens is 487 g/mol. The van der Waals surface area contributed by atoms with Crippen LogP contribution in [0.5, 0.6) is 0 Å². The van der Waals surface area contributed by atoms with Gasteiger partial charge in [-0.15, -0.1) is 0 Å². The Morgan fingerprint density at radius 1 is 1.11 bits per heavy atom. The Balaban J connectivity index is 0.000000509. The number of thioether (sulfide) groups is 1. The maximum Gasteiger partial charge on any atom is 0.446 e. The fourth-order valence-corrected chi connectivity index (χ4v) is 4.19. The zero-order chi connectivity index (χ0) is 25.6. The number of carbonyl (C=O) groups is 2. The molecule has 1 atom stereocenters. The van der Waals surface area contributed by atoms with Gasteiger partial charge in [0.05, 0.1) is 17.1 Å². The number of alkyl halides is 3. The number of nitrogens with one attached hydrogen (secondary N) is 1. The lowest BCUT2D eigenvalue weighted by Gasteiger charge is -2.31. The molecule has 1 aliphatic rings. The molecule has 188 valence electrons. The van der Waals surface area contributed by atoms with E-state index in [0.717, 1.165) is 37.0 Å². The van der Waals surface area contributed by atoms with Crippen LogP contribution in [0.15, 0.2) is 53.4 Å². The Bertz CT molecular complexity index is 1120. The van der Waals surface area contributed by atoms with Gasteiger partial charge in [-0.3, -0.25) is 0 Å². The Morgan fingerprint density at radius 2 is 1.77 bits per heavy atom. The minimum atomic E-state index is -4.33. The van der Waals surface area contributed by atoms with Crippen molar-refractivity contribution in [3.05, 3.63) is 59.9 Å². The molecule has 8 nitrogen and oxygen atoms in total. The van der Waals surface area contributed by atoms with Gasteiger partial charge < -0.3 is 24.8 Å². The minimum absolute atomic E-state index is 0.0309. The highest BCUT2D eigenvalue weighted by molar-refractivity contribution is 8.00. The van der Waals surface area contributed by atoms with Crippen LogP contribution in [0.2, 0.25) is 0 Å². The Morgan fingerprint density at radius 3 is 2.37 bits per heavy atom. The topological polar surface area (TPSA) is 116 Å². The standard InChI is InChI=1S/C21H22F3N3OS.C2H2O4/c1-27-11-9-15(10-12-27)28-19(20-25-17-7-2-3-8-18(17)26-20)14-5-4-6-16(13-14)29-21(22,23)24;3-1(4)2(5)6/h2-8,13,15,19H,9-12H2,1H3,(H,25,26);(H,3,4)(H,5,6). The molecule has 12 heteroatoms. The van der Waals surface area contributed by atoms with Crippen molar-refractivity contribution in [1.82, 2.24) is 14.9 Å². The van der Waals surface area contributed by atoms with Gasteiger partial charge in [-0.25, -0.2) is 14.6 Å². The molecule has 0 radical (unpaired) electrons. The van der Waals surface area contributed by atoms with E-state index in [9.17, 15) is 13.2 Å². The summed E-state index contributed by atoms with van der Waals surface area (Å²) in [6.45, 7) is 1.86. The van der Waals surface area contributed by atoms with Crippen molar-refractivity contribution in [3.8, 4) is 0 Å². The molecule has 2 aromatic carbocycles. The zero-order valence-electron chi connectivity index (χ0n) is 18.7. The molecule has 0 bridgehead atoms. The number of hydrogen-bond acceptors (Lipinski definition) is 6. The lowest BCUT2D eigenvalue weighted by molar-refractivity contribution is -0.159. The van der Waals surface area contributed by atoms with Crippen LogP contribution in [-0.2, 0) is 14.3 Å². The summed E-state index contributed by atoms with van der Waals surface area (Å²) < 4.78 is 45.0. The van der Waals surface area contributed by atoms with Crippen LogP contribution in [0, 0.1) is 0 Å². The number of carboxylic acids is 2. The molecule has 4 rings (SSSR count). The number of aromatic nitrogens is 2. The number of ether oxygens (including phenoxy) is 1. The monoisotopic (exact) mass is 511 g/mol. The number of H-pyrrole nitrogens is 1. The van der Waals surface area contributed by atoms with E-state index in [4.69, 9.17) is 24.5 Å². The van der Waals surface area contributed by atoms with Crippen molar-refractivity contribution in [3.63, 3.8) is 0 Å². The van der Waals surface area contributed by atoms with Gasteiger partial charge in [0, 0.05) is 18.0 Å². The first kappa shape index (κ1) is 26.5. The molecule has 1 unspecified atom stereocenters. The number of halogens is 3. The molecule has 1 saturated heterocycles. The number of piperidine rings is 1. The van der Waals surface area contributed by atoms with Gasteiger partial charge in [-0.2, -0.15) is 13.2 Å². The third kappa shape index (κ3) is 7.98. The second kappa shape index (κ2) is 11.6. The quantitative estimate of drug-likeness (QED) is 0.338. The molecule has 1 fully saturated rings. The molecule has 35 heavy (non-hydrogen) atoms. The van der Waals surface area contributed by atoms with Crippen LogP contribution in [0.3, 0.4) is 0 Å². The predicted molar refractivity (Wildman–Crippen MR) is 123 cm³/mol. The highest BCUT2D eigenvalue weighted by atomic mass is 32.2. The fraction of sp³-hybridized carbons (Fsp3) is 0.348. The summed E-state index contributed by atoms with van der Waals surface area (Å²) in [5.74, 6) is -3.04. The first-order chi connectivity index (χ1) is 16.5. The van der Waals surface area contributed by atoms with E-state index in [1.807, 2.05) is 24.3 Å². The zero-order valence-corrected chi connectivity index (χ0v) is 19.5. The number of nitrogens with zero attached hydrogens (tertiary/aromatic N) is 2. The van der Waals surface area contributed by atoms with Crippen molar-refractivity contribution < 1.29 is 37.7 Å². The average Bonchev–Trinajstić information content (AvgIpc) is 3.22. The van der Waals surface area contributed by atoms with Crippen molar-refractivity contribution in [2.24, 2.45) is 0 Å². The summed E-state index contributed by atoms with van der Waals surface area (Å²) in [6.07, 6.45) is 1.24. The van der Waals surface area contributed by atoms with Crippen LogP contribution >= 0.6 is 11.8 Å². The maximum atomic E-state index is 12.9. The van der Waals surface area contributed by atoms with Crippen LogP contribution in [0.25, 0.3) is 11.0 Å². The number of benzene rings is 2. The highest BCUT2D eigenvalue weighted by Gasteiger charge is 2.30. The smallest absolute Gasteiger partial charge is 0.446 e. The summed E-state index contributed by atoms with van der Waals surface area (Å²) in [5.41, 5.74) is -1.99. The number of carboxylic acid groups (broad SMARTS) is 2. The Labute approximate surface area is 203 Å². The molecule has 1 aliphatic heterocycles. The van der Waals surface area contributed by atoms with Crippen LogP contribution in [0.1, 0.15) is 30.3 Å². The highest BCUT2D eigenvalue weighted by Crippen LogP contribution is 2.39. The van der Waals surface area contributed by atoms with E-state index in [0.29, 0.717) is 11.4 Å². The number of aromatic amines is 1. The van der Waals surface area contributed by atoms with Crippen LogP contribution < -0.4 is 0 Å². The van der Waals surface area contributed by atoms with E-state index < -0.39 is 23.6 Å². The second-order valence-corrected chi connectivity index (χ2v) is 9.03. The van der Waals surface area contributed by atoms with Gasteiger partial charge in [-0.05, 0) is 61.5 Å². The van der Waals surface area contributed by atoms with Gasteiger partial charge in [0.25, 0.3) is 0 Å². The van der Waals surface area contributed by atoms with E-state index in [1.54, 1.807) is 18.2 Å². The Kier molecular flexibility index (Phi) is 8.76. The summed E-state index contributed by atoms with van der Waals surface area (Å²) >= 11 is -0.114. The number of para-hydroxylation sites is 2. The predicted octanol–water partition coefficient (Wildman–Crippen LogP) is 4.53. The van der Waals surface area contributed by atoms with Crippen molar-refractivity contribution in [2.45, 2.75) is 35.5 Å². The Hall–Kier alpha value is -3.09. The lowest BCUT2D eigenvalue weighted by atomic mass is 10.1. The molecule has 3 N–H and O–H groups in total. The molecule has 0 spiro atoms. The summed E-state index contributed by atoms with van der Waals surface area (Å²) in [4.78, 5) is 28.5. The van der Waals surface area contributed by atoms with Gasteiger partial charge in [-0.1, -0.05) is 24.3 Å². The van der Waals surface area contributed by atoms with Crippen molar-refractivity contribution in [1.29, 1.82) is 0 Å². The maximum absolute atomic E-state index is 12.9. The summed E-state index contributed by atoms with van der Waals surface area (Å²) in [6, 6.07) is 14.1. The molecule has 0 aliphatic carbocycles. The van der Waals surface area contributed by atoms with E-state index in [-0.39, 0.29) is 22.8 Å². The third-order valence-corrected chi connectivity index (χ3v) is 5.95. The molecular formula is C23H24F3N3O5S. The third-order valence-electron chi connectivity index (χ3n) is 5.23. The fourth-order valence-electron chi connectivity index (χ4n) is 3.59.